The molecule has 0 spiro atoms. The quantitative estimate of drug-likeness (QED) is 0.238. The Labute approximate surface area is 183 Å². The molecule has 0 aliphatic rings. The van der Waals surface area contributed by atoms with Gasteiger partial charge in [-0.1, -0.05) is 61.5 Å². The van der Waals surface area contributed by atoms with Crippen LogP contribution >= 0.6 is 0 Å². The van der Waals surface area contributed by atoms with Crippen molar-refractivity contribution in [1.29, 1.82) is 5.41 Å². The van der Waals surface area contributed by atoms with Gasteiger partial charge in [-0.3, -0.25) is 4.79 Å². The normalized spacial score (nSPS) is 11.3. The summed E-state index contributed by atoms with van der Waals surface area (Å²) in [6.07, 6.45) is 5.62. The minimum absolute atomic E-state index is 0.00268. The summed E-state index contributed by atoms with van der Waals surface area (Å²) in [5.41, 5.74) is 7.45. The second-order valence-corrected chi connectivity index (χ2v) is 7.47. The third kappa shape index (κ3) is 4.95. The number of allylic oxidation sites excluding steroid dienone is 3. The predicted molar refractivity (Wildman–Crippen MR) is 127 cm³/mol. The Morgan fingerprint density at radius 3 is 2.42 bits per heavy atom. The van der Waals surface area contributed by atoms with Crippen molar-refractivity contribution in [2.24, 2.45) is 0 Å². The topological polar surface area (TPSA) is 40.9 Å². The summed E-state index contributed by atoms with van der Waals surface area (Å²) in [5.74, 6) is -0.612. The summed E-state index contributed by atoms with van der Waals surface area (Å²) in [6, 6.07) is 18.9. The van der Waals surface area contributed by atoms with Crippen LogP contribution in [0.1, 0.15) is 46.0 Å². The zero-order valence-corrected chi connectivity index (χ0v) is 17.9. The van der Waals surface area contributed by atoms with E-state index in [-0.39, 0.29) is 11.3 Å². The Bertz CT molecular complexity index is 1170. The number of aldehydes is 1. The second-order valence-electron chi connectivity index (χ2n) is 7.47. The first-order valence-corrected chi connectivity index (χ1v) is 10.3. The first-order chi connectivity index (χ1) is 15.0. The van der Waals surface area contributed by atoms with Gasteiger partial charge in [0.2, 0.25) is 0 Å². The zero-order valence-electron chi connectivity index (χ0n) is 17.9. The van der Waals surface area contributed by atoms with Crippen LogP contribution in [0.25, 0.3) is 16.7 Å². The third-order valence-corrected chi connectivity index (χ3v) is 5.41. The number of carbonyl (C=O) groups excluding carboxylic acids is 1. The Kier molecular flexibility index (Phi) is 7.09. The van der Waals surface area contributed by atoms with Gasteiger partial charge in [0.25, 0.3) is 0 Å². The third-order valence-electron chi connectivity index (χ3n) is 5.41. The molecule has 0 saturated heterocycles. The number of rotatable bonds is 8. The number of aryl methyl sites for hydroxylation is 1. The lowest BCUT2D eigenvalue weighted by molar-refractivity contribution is 0.112. The summed E-state index contributed by atoms with van der Waals surface area (Å²) >= 11 is 0. The monoisotopic (exact) mass is 411 g/mol. The number of hydrogen-bond donors (Lipinski definition) is 1. The highest BCUT2D eigenvalue weighted by molar-refractivity contribution is 6.10. The fourth-order valence-electron chi connectivity index (χ4n) is 3.69. The van der Waals surface area contributed by atoms with Gasteiger partial charge in [-0.2, -0.15) is 0 Å². The van der Waals surface area contributed by atoms with Gasteiger partial charge < -0.3 is 5.41 Å². The summed E-state index contributed by atoms with van der Waals surface area (Å²) < 4.78 is 14.0. The van der Waals surface area contributed by atoms with Crippen molar-refractivity contribution in [2.75, 3.05) is 0 Å². The van der Waals surface area contributed by atoms with Crippen LogP contribution in [0.4, 0.5) is 4.39 Å². The van der Waals surface area contributed by atoms with Gasteiger partial charge in [0.1, 0.15) is 5.82 Å². The fourth-order valence-corrected chi connectivity index (χ4v) is 3.69. The van der Waals surface area contributed by atoms with Crippen molar-refractivity contribution >= 4 is 17.6 Å². The van der Waals surface area contributed by atoms with E-state index in [0.29, 0.717) is 11.8 Å². The van der Waals surface area contributed by atoms with Crippen molar-refractivity contribution in [1.82, 2.24) is 0 Å². The Balaban J connectivity index is 2.01. The summed E-state index contributed by atoms with van der Waals surface area (Å²) in [6.45, 7) is 8.05. The van der Waals surface area contributed by atoms with E-state index in [1.807, 2.05) is 25.1 Å². The Morgan fingerprint density at radius 1 is 1.03 bits per heavy atom. The SMILES string of the molecule is C=CCc1cc(/C(=C/C(=N)c2ccc(C=O)c(F)c2)CC)ccc1-c1ccccc1C. The fraction of sp³-hybridized carbons (Fsp3) is 0.143. The van der Waals surface area contributed by atoms with Crippen molar-refractivity contribution in [3.8, 4) is 11.1 Å². The second kappa shape index (κ2) is 9.94. The molecular formula is C28H26FNO. The van der Waals surface area contributed by atoms with Crippen molar-refractivity contribution in [3.63, 3.8) is 0 Å². The van der Waals surface area contributed by atoms with E-state index in [1.165, 1.54) is 34.4 Å². The molecule has 0 aromatic heterocycles. The molecule has 3 rings (SSSR count). The highest BCUT2D eigenvalue weighted by atomic mass is 19.1. The molecule has 0 aliphatic heterocycles. The van der Waals surface area contributed by atoms with Crippen LogP contribution in [0, 0.1) is 18.2 Å². The van der Waals surface area contributed by atoms with E-state index >= 15 is 0 Å². The average molecular weight is 412 g/mol. The molecule has 1 N–H and O–H groups in total. The summed E-state index contributed by atoms with van der Waals surface area (Å²) in [4.78, 5) is 10.8. The van der Waals surface area contributed by atoms with Crippen LogP contribution in [0.3, 0.4) is 0 Å². The van der Waals surface area contributed by atoms with Crippen molar-refractivity contribution in [2.45, 2.75) is 26.7 Å². The maximum atomic E-state index is 14.0. The zero-order chi connectivity index (χ0) is 22.4. The van der Waals surface area contributed by atoms with Gasteiger partial charge in [-0.25, -0.2) is 4.39 Å². The first kappa shape index (κ1) is 22.1. The molecule has 0 fully saturated rings. The first-order valence-electron chi connectivity index (χ1n) is 10.3. The molecule has 0 radical (unpaired) electrons. The molecule has 2 nitrogen and oxygen atoms in total. The van der Waals surface area contributed by atoms with Gasteiger partial charge in [0.15, 0.2) is 6.29 Å². The van der Waals surface area contributed by atoms with Crippen LogP contribution < -0.4 is 0 Å². The highest BCUT2D eigenvalue weighted by Crippen LogP contribution is 2.31. The molecule has 3 heteroatoms. The number of benzene rings is 3. The minimum Gasteiger partial charge on any atom is -0.300 e. The molecule has 0 atom stereocenters. The smallest absolute Gasteiger partial charge is 0.152 e. The summed E-state index contributed by atoms with van der Waals surface area (Å²) in [5, 5.41) is 8.43. The molecular weight excluding hydrogens is 385 g/mol. The lowest BCUT2D eigenvalue weighted by Gasteiger charge is -2.15. The molecule has 0 heterocycles. The maximum Gasteiger partial charge on any atom is 0.152 e. The molecule has 156 valence electrons. The Hall–Kier alpha value is -3.59. The van der Waals surface area contributed by atoms with E-state index in [1.54, 1.807) is 12.1 Å². The number of hydrogen-bond acceptors (Lipinski definition) is 2. The van der Waals surface area contributed by atoms with Crippen LogP contribution in [0.5, 0.6) is 0 Å². The molecule has 0 aliphatic carbocycles. The molecule has 0 unspecified atom stereocenters. The largest absolute Gasteiger partial charge is 0.300 e. The number of nitrogens with one attached hydrogen (secondary N) is 1. The van der Waals surface area contributed by atoms with Crippen LogP contribution in [0.2, 0.25) is 0 Å². The molecule has 0 bridgehead atoms. The van der Waals surface area contributed by atoms with E-state index in [4.69, 9.17) is 5.41 Å². The standard InChI is InChI=1S/C28H26FNO/c1-4-8-22-15-21(13-14-26(22)25-10-7-6-9-19(25)3)20(5-2)17-28(30)23-11-12-24(18-31)27(29)16-23/h4,6-7,9-18,30H,1,5,8H2,2-3H3/b20-17+,30-28?. The van der Waals surface area contributed by atoms with E-state index in [2.05, 4.69) is 43.8 Å². The average Bonchev–Trinajstić information content (AvgIpc) is 2.78. The molecule has 3 aromatic carbocycles. The lowest BCUT2D eigenvalue weighted by Crippen LogP contribution is -2.00. The number of halogens is 1. The minimum atomic E-state index is -0.612. The van der Waals surface area contributed by atoms with Gasteiger partial charge in [-0.15, -0.1) is 6.58 Å². The molecule has 31 heavy (non-hydrogen) atoms. The van der Waals surface area contributed by atoms with Crippen molar-refractivity contribution in [3.05, 3.63) is 113 Å². The maximum absolute atomic E-state index is 14.0. The highest BCUT2D eigenvalue weighted by Gasteiger charge is 2.11. The molecule has 0 saturated carbocycles. The van der Waals surface area contributed by atoms with Gasteiger partial charge in [0.05, 0.1) is 11.3 Å². The van der Waals surface area contributed by atoms with Gasteiger partial charge in [-0.05, 0) is 71.4 Å². The van der Waals surface area contributed by atoms with Gasteiger partial charge >= 0.3 is 0 Å². The van der Waals surface area contributed by atoms with E-state index < -0.39 is 5.82 Å². The molecule has 0 amide bonds. The van der Waals surface area contributed by atoms with Crippen LogP contribution in [-0.2, 0) is 6.42 Å². The van der Waals surface area contributed by atoms with Crippen LogP contribution in [-0.4, -0.2) is 12.0 Å². The van der Waals surface area contributed by atoms with Crippen LogP contribution in [0.15, 0.2) is 79.4 Å². The van der Waals surface area contributed by atoms with Gasteiger partial charge in [0, 0.05) is 5.56 Å². The Morgan fingerprint density at radius 2 is 1.77 bits per heavy atom. The lowest BCUT2D eigenvalue weighted by atomic mass is 9.90. The van der Waals surface area contributed by atoms with E-state index in [9.17, 15) is 9.18 Å². The number of carbonyl (C=O) groups is 1. The van der Waals surface area contributed by atoms with Crippen molar-refractivity contribution < 1.29 is 9.18 Å². The molecule has 3 aromatic rings. The summed E-state index contributed by atoms with van der Waals surface area (Å²) in [7, 11) is 0. The predicted octanol–water partition coefficient (Wildman–Crippen LogP) is 7.20. The van der Waals surface area contributed by atoms with E-state index in [0.717, 1.165) is 24.0 Å².